The van der Waals surface area contributed by atoms with Crippen LogP contribution in [0.25, 0.3) is 17.0 Å². The van der Waals surface area contributed by atoms with Crippen LogP contribution in [0.2, 0.25) is 0 Å². The van der Waals surface area contributed by atoms with Crippen LogP contribution in [0.15, 0.2) is 42.5 Å². The highest BCUT2D eigenvalue weighted by Crippen LogP contribution is 2.43. The van der Waals surface area contributed by atoms with Gasteiger partial charge in [0.05, 0.1) is 12.6 Å². The minimum Gasteiger partial charge on any atom is -0.357 e. The maximum atomic E-state index is 15.2. The van der Waals surface area contributed by atoms with E-state index in [1.165, 1.54) is 19.1 Å². The molecule has 0 aliphatic carbocycles. The van der Waals surface area contributed by atoms with Crippen molar-refractivity contribution < 1.29 is 26.7 Å². The van der Waals surface area contributed by atoms with Gasteiger partial charge in [-0.1, -0.05) is 24.3 Å². The Labute approximate surface area is 181 Å². The van der Waals surface area contributed by atoms with E-state index >= 15 is 8.78 Å². The van der Waals surface area contributed by atoms with Crippen LogP contribution in [-0.4, -0.2) is 34.4 Å². The molecule has 3 aromatic rings. The third-order valence-electron chi connectivity index (χ3n) is 5.76. The first kappa shape index (κ1) is 22.2. The average molecular weight is 448 g/mol. The molecule has 168 valence electrons. The van der Waals surface area contributed by atoms with Gasteiger partial charge in [-0.15, -0.1) is 0 Å². The molecule has 0 saturated heterocycles. The van der Waals surface area contributed by atoms with Crippen LogP contribution in [0.3, 0.4) is 0 Å². The zero-order valence-electron chi connectivity index (χ0n) is 17.4. The summed E-state index contributed by atoms with van der Waals surface area (Å²) in [6.45, 7) is 1.62. The summed E-state index contributed by atoms with van der Waals surface area (Å²) in [5.74, 6) is -2.23. The highest BCUT2D eigenvalue weighted by atomic mass is 19.4. The van der Waals surface area contributed by atoms with Gasteiger partial charge in [0.15, 0.2) is 5.78 Å². The van der Waals surface area contributed by atoms with Crippen molar-refractivity contribution in [2.45, 2.75) is 38.5 Å². The lowest BCUT2D eigenvalue weighted by Gasteiger charge is -2.41. The Kier molecular flexibility index (Phi) is 5.67. The van der Waals surface area contributed by atoms with E-state index in [0.717, 1.165) is 28.0 Å². The number of hydrogen-bond acceptors (Lipinski definition) is 2. The van der Waals surface area contributed by atoms with E-state index in [2.05, 4.69) is 4.98 Å². The second-order valence-electron chi connectivity index (χ2n) is 8.15. The molecule has 3 nitrogen and oxygen atoms in total. The fourth-order valence-electron chi connectivity index (χ4n) is 4.45. The van der Waals surface area contributed by atoms with Gasteiger partial charge in [0.2, 0.25) is 0 Å². The predicted molar refractivity (Wildman–Crippen MR) is 112 cm³/mol. The average Bonchev–Trinajstić information content (AvgIpc) is 3.05. The van der Waals surface area contributed by atoms with E-state index in [1.54, 1.807) is 19.1 Å². The Morgan fingerprint density at radius 2 is 1.84 bits per heavy atom. The van der Waals surface area contributed by atoms with Crippen molar-refractivity contribution in [2.75, 3.05) is 6.54 Å². The number of fused-ring (bicyclic) bond motifs is 3. The number of hydrogen-bond donors (Lipinski definition) is 1. The molecule has 32 heavy (non-hydrogen) atoms. The van der Waals surface area contributed by atoms with Gasteiger partial charge in [-0.25, -0.2) is 8.78 Å². The molecule has 2 heterocycles. The van der Waals surface area contributed by atoms with E-state index < -0.39 is 42.0 Å². The van der Waals surface area contributed by atoms with Crippen LogP contribution in [0.4, 0.5) is 22.0 Å². The van der Waals surface area contributed by atoms with Crippen molar-refractivity contribution >= 4 is 22.8 Å². The number of ketones is 1. The molecule has 0 spiro atoms. The van der Waals surface area contributed by atoms with E-state index in [1.807, 2.05) is 12.1 Å². The number of aromatic nitrogens is 1. The van der Waals surface area contributed by atoms with Gasteiger partial charge in [-0.05, 0) is 55.7 Å². The fourth-order valence-corrected chi connectivity index (χ4v) is 4.45. The first-order valence-electron chi connectivity index (χ1n) is 10.1. The second kappa shape index (κ2) is 8.16. The number of carbonyl (C=O) groups excluding carboxylic acids is 1. The van der Waals surface area contributed by atoms with E-state index in [0.29, 0.717) is 17.6 Å². The summed E-state index contributed by atoms with van der Waals surface area (Å²) in [5, 5.41) is 0.827. The topological polar surface area (TPSA) is 36.1 Å². The largest absolute Gasteiger partial charge is 0.401 e. The molecule has 4 rings (SSSR count). The maximum Gasteiger partial charge on any atom is 0.401 e. The van der Waals surface area contributed by atoms with Gasteiger partial charge in [0.1, 0.15) is 11.6 Å². The third kappa shape index (κ3) is 4.19. The maximum absolute atomic E-state index is 15.2. The second-order valence-corrected chi connectivity index (χ2v) is 8.15. The number of aromatic amines is 1. The third-order valence-corrected chi connectivity index (χ3v) is 5.76. The SMILES string of the molecule is CC(=O)/C=C/c1cc(F)c([C@@H]2c3[nH]c4ccccc4c3C[C@@H](C)N2CC(F)(F)F)c(F)c1. The Morgan fingerprint density at radius 3 is 2.47 bits per heavy atom. The molecule has 0 fully saturated rings. The number of benzene rings is 2. The Morgan fingerprint density at radius 1 is 1.19 bits per heavy atom. The number of rotatable bonds is 4. The van der Waals surface area contributed by atoms with Crippen LogP contribution in [0.5, 0.6) is 0 Å². The Bertz CT molecular complexity index is 1190. The Hall–Kier alpha value is -3.00. The molecular weight excluding hydrogens is 427 g/mol. The number of para-hydroxylation sites is 1. The monoisotopic (exact) mass is 448 g/mol. The zero-order chi connectivity index (χ0) is 23.2. The number of allylic oxidation sites excluding steroid dienone is 1. The number of nitrogens with one attached hydrogen (secondary N) is 1. The highest BCUT2D eigenvalue weighted by molar-refractivity contribution is 5.91. The van der Waals surface area contributed by atoms with Crippen LogP contribution in [0, 0.1) is 11.6 Å². The molecule has 0 amide bonds. The van der Waals surface area contributed by atoms with Crippen molar-refractivity contribution in [1.82, 2.24) is 9.88 Å². The Balaban J connectivity index is 1.92. The first-order chi connectivity index (χ1) is 15.0. The lowest BCUT2D eigenvalue weighted by Crippen LogP contribution is -2.47. The van der Waals surface area contributed by atoms with Crippen LogP contribution >= 0.6 is 0 Å². The van der Waals surface area contributed by atoms with Crippen molar-refractivity contribution in [2.24, 2.45) is 0 Å². The lowest BCUT2D eigenvalue weighted by molar-refractivity contribution is -0.155. The molecule has 1 aliphatic rings. The normalized spacial score (nSPS) is 19.6. The molecule has 0 saturated carbocycles. The van der Waals surface area contributed by atoms with E-state index in [-0.39, 0.29) is 11.3 Å². The van der Waals surface area contributed by atoms with Crippen LogP contribution < -0.4 is 0 Å². The smallest absolute Gasteiger partial charge is 0.357 e. The van der Waals surface area contributed by atoms with E-state index in [4.69, 9.17) is 0 Å². The van der Waals surface area contributed by atoms with Crippen molar-refractivity contribution in [3.63, 3.8) is 0 Å². The fraction of sp³-hybridized carbons (Fsp3) is 0.292. The number of H-pyrrole nitrogens is 1. The van der Waals surface area contributed by atoms with Crippen molar-refractivity contribution in [1.29, 1.82) is 0 Å². The minimum absolute atomic E-state index is 0.113. The first-order valence-corrected chi connectivity index (χ1v) is 10.1. The quantitative estimate of drug-likeness (QED) is 0.396. The molecule has 0 bridgehead atoms. The molecule has 2 atom stereocenters. The van der Waals surface area contributed by atoms with Gasteiger partial charge in [0.25, 0.3) is 0 Å². The summed E-state index contributed by atoms with van der Waals surface area (Å²) >= 11 is 0. The number of nitrogens with zero attached hydrogens (tertiary/aromatic N) is 1. The van der Waals surface area contributed by atoms with E-state index in [9.17, 15) is 18.0 Å². The van der Waals surface area contributed by atoms with Gasteiger partial charge in [-0.2, -0.15) is 13.2 Å². The highest BCUT2D eigenvalue weighted by Gasteiger charge is 2.43. The number of alkyl halides is 3. The summed E-state index contributed by atoms with van der Waals surface area (Å²) < 4.78 is 70.8. The summed E-state index contributed by atoms with van der Waals surface area (Å²) in [6.07, 6.45) is -1.80. The molecule has 0 radical (unpaired) electrons. The molecular formula is C24H21F5N2O. The van der Waals surface area contributed by atoms with Gasteiger partial charge in [0, 0.05) is 28.2 Å². The molecule has 2 aromatic carbocycles. The molecule has 1 N–H and O–H groups in total. The number of halogens is 5. The lowest BCUT2D eigenvalue weighted by atomic mass is 9.87. The summed E-state index contributed by atoms with van der Waals surface area (Å²) in [4.78, 5) is 15.3. The minimum atomic E-state index is -4.55. The summed E-state index contributed by atoms with van der Waals surface area (Å²) in [6, 6.07) is 7.40. The van der Waals surface area contributed by atoms with Crippen molar-refractivity contribution in [3.8, 4) is 0 Å². The number of carbonyl (C=O) groups is 1. The predicted octanol–water partition coefficient (Wildman–Crippen LogP) is 5.95. The van der Waals surface area contributed by atoms with Crippen LogP contribution in [-0.2, 0) is 11.2 Å². The zero-order valence-corrected chi connectivity index (χ0v) is 17.4. The van der Waals surface area contributed by atoms with Gasteiger partial charge in [-0.3, -0.25) is 9.69 Å². The van der Waals surface area contributed by atoms with Crippen LogP contribution in [0.1, 0.15) is 42.3 Å². The molecule has 8 heteroatoms. The van der Waals surface area contributed by atoms with Gasteiger partial charge >= 0.3 is 6.18 Å². The summed E-state index contributed by atoms with van der Waals surface area (Å²) in [5.41, 5.74) is 1.48. The molecule has 1 aromatic heterocycles. The molecule has 0 unspecified atom stereocenters. The molecule has 1 aliphatic heterocycles. The van der Waals surface area contributed by atoms with Crippen molar-refractivity contribution in [3.05, 3.63) is 76.5 Å². The summed E-state index contributed by atoms with van der Waals surface area (Å²) in [7, 11) is 0. The van der Waals surface area contributed by atoms with Gasteiger partial charge < -0.3 is 4.98 Å². The standard InChI is InChI=1S/C24H21F5N2O/c1-13-9-17-16-5-3-4-6-20(16)30-22(17)23(31(13)12-24(27,28)29)21-18(25)10-15(11-19(21)26)8-7-14(2)32/h3-8,10-11,13,23,30H,9,12H2,1-2H3/b8-7+/t13-,23-/m1/s1.